The summed E-state index contributed by atoms with van der Waals surface area (Å²) in [5, 5.41) is 19.4. The number of nitrogens with one attached hydrogen (secondary N) is 2. The van der Waals surface area contributed by atoms with Gasteiger partial charge in [0.25, 0.3) is 0 Å². The molecule has 0 bridgehead atoms. The lowest BCUT2D eigenvalue weighted by molar-refractivity contribution is 0.0631. The average molecular weight is 297 g/mol. The number of hydrogen-bond donors (Lipinski definition) is 3. The van der Waals surface area contributed by atoms with Gasteiger partial charge < -0.3 is 15.7 Å². The lowest BCUT2D eigenvalue weighted by Crippen LogP contribution is -2.42. The van der Waals surface area contributed by atoms with Crippen LogP contribution in [0.25, 0.3) is 0 Å². The summed E-state index contributed by atoms with van der Waals surface area (Å²) in [6.07, 6.45) is 0. The zero-order valence-corrected chi connectivity index (χ0v) is 12.1. The summed E-state index contributed by atoms with van der Waals surface area (Å²) < 4.78 is 0. The van der Waals surface area contributed by atoms with Crippen molar-refractivity contribution in [2.75, 3.05) is 6.54 Å². The van der Waals surface area contributed by atoms with Crippen molar-refractivity contribution in [2.45, 2.75) is 19.1 Å². The Morgan fingerprint density at radius 3 is 3.00 bits per heavy atom. The normalized spacial score (nSPS) is 13.8. The van der Waals surface area contributed by atoms with Gasteiger partial charge in [-0.2, -0.15) is 0 Å². The van der Waals surface area contributed by atoms with Crippen LogP contribution in [0.5, 0.6) is 0 Å². The van der Waals surface area contributed by atoms with Crippen LogP contribution < -0.4 is 10.6 Å². The Kier molecular flexibility index (Phi) is 4.52. The van der Waals surface area contributed by atoms with Crippen molar-refractivity contribution in [3.8, 4) is 0 Å². The minimum atomic E-state index is -1.05. The average Bonchev–Trinajstić information content (AvgIpc) is 3.06. The van der Waals surface area contributed by atoms with Crippen LogP contribution in [-0.2, 0) is 12.1 Å². The van der Waals surface area contributed by atoms with E-state index in [1.54, 1.807) is 12.4 Å². The largest absolute Gasteiger partial charge is 0.383 e. The first-order chi connectivity index (χ1) is 9.08. The number of amides is 2. The minimum absolute atomic E-state index is 0.163. The fourth-order valence-corrected chi connectivity index (χ4v) is 2.83. The molecular weight excluding hydrogens is 282 g/mol. The summed E-state index contributed by atoms with van der Waals surface area (Å²) in [4.78, 5) is 16.5. The molecule has 2 amide bonds. The first-order valence-corrected chi connectivity index (χ1v) is 7.55. The maximum Gasteiger partial charge on any atom is 0.315 e. The Balaban J connectivity index is 1.77. The molecule has 1 atom stereocenters. The highest BCUT2D eigenvalue weighted by Crippen LogP contribution is 2.24. The molecule has 19 heavy (non-hydrogen) atoms. The van der Waals surface area contributed by atoms with Crippen LogP contribution in [-0.4, -0.2) is 22.7 Å². The highest BCUT2D eigenvalue weighted by atomic mass is 32.1. The molecule has 0 aliphatic carbocycles. The van der Waals surface area contributed by atoms with E-state index in [0.29, 0.717) is 6.54 Å². The van der Waals surface area contributed by atoms with Gasteiger partial charge in [0.05, 0.1) is 24.3 Å². The zero-order valence-electron chi connectivity index (χ0n) is 10.4. The molecular formula is C12H15N3O2S2. The molecule has 2 heterocycles. The van der Waals surface area contributed by atoms with Crippen molar-refractivity contribution >= 4 is 28.7 Å². The molecule has 5 nitrogen and oxygen atoms in total. The maximum absolute atomic E-state index is 11.6. The van der Waals surface area contributed by atoms with E-state index in [0.717, 1.165) is 10.6 Å². The molecule has 2 aromatic heterocycles. The molecule has 1 unspecified atom stereocenters. The zero-order chi connectivity index (χ0) is 13.7. The third kappa shape index (κ3) is 4.02. The molecule has 2 aromatic rings. The van der Waals surface area contributed by atoms with E-state index in [9.17, 15) is 9.90 Å². The topological polar surface area (TPSA) is 74.2 Å². The van der Waals surface area contributed by atoms with Gasteiger partial charge in [-0.1, -0.05) is 6.07 Å². The number of aromatic nitrogens is 1. The third-order valence-electron chi connectivity index (χ3n) is 2.56. The fraction of sp³-hybridized carbons (Fsp3) is 0.333. The van der Waals surface area contributed by atoms with E-state index < -0.39 is 5.60 Å². The Morgan fingerprint density at radius 2 is 2.37 bits per heavy atom. The second-order valence-corrected chi connectivity index (χ2v) is 5.93. The number of thiazole rings is 1. The van der Waals surface area contributed by atoms with E-state index in [4.69, 9.17) is 0 Å². The lowest BCUT2D eigenvalue weighted by atomic mass is 10.1. The highest BCUT2D eigenvalue weighted by molar-refractivity contribution is 7.10. The molecule has 7 heteroatoms. The standard InChI is InChI=1S/C12H15N3O2S2/c1-12(17,10-3-2-4-19-10)7-14-11(16)13-5-9-6-18-8-15-9/h2-4,6,8,17H,5,7H2,1H3,(H2,13,14,16). The lowest BCUT2D eigenvalue weighted by Gasteiger charge is -2.22. The molecule has 0 saturated heterocycles. The number of carbonyl (C=O) groups excluding carboxylic acids is 1. The number of hydrogen-bond acceptors (Lipinski definition) is 5. The molecule has 2 rings (SSSR count). The number of urea groups is 1. The van der Waals surface area contributed by atoms with E-state index in [2.05, 4.69) is 15.6 Å². The predicted octanol–water partition coefficient (Wildman–Crippen LogP) is 1.91. The summed E-state index contributed by atoms with van der Waals surface area (Å²) >= 11 is 2.95. The number of nitrogens with zero attached hydrogens (tertiary/aromatic N) is 1. The van der Waals surface area contributed by atoms with Crippen molar-refractivity contribution in [1.82, 2.24) is 15.6 Å². The second-order valence-electron chi connectivity index (χ2n) is 4.27. The summed E-state index contributed by atoms with van der Waals surface area (Å²) in [6, 6.07) is 3.40. The van der Waals surface area contributed by atoms with Crippen LogP contribution in [0.4, 0.5) is 4.79 Å². The van der Waals surface area contributed by atoms with Gasteiger partial charge >= 0.3 is 6.03 Å². The molecule has 3 N–H and O–H groups in total. The van der Waals surface area contributed by atoms with Gasteiger partial charge in [0.15, 0.2) is 0 Å². The van der Waals surface area contributed by atoms with Crippen molar-refractivity contribution in [3.63, 3.8) is 0 Å². The number of aliphatic hydroxyl groups is 1. The van der Waals surface area contributed by atoms with E-state index in [1.165, 1.54) is 22.7 Å². The van der Waals surface area contributed by atoms with E-state index in [-0.39, 0.29) is 12.6 Å². The first-order valence-electron chi connectivity index (χ1n) is 5.73. The van der Waals surface area contributed by atoms with Crippen molar-refractivity contribution in [2.24, 2.45) is 0 Å². The van der Waals surface area contributed by atoms with Crippen LogP contribution in [0.15, 0.2) is 28.4 Å². The smallest absolute Gasteiger partial charge is 0.315 e. The van der Waals surface area contributed by atoms with E-state index >= 15 is 0 Å². The Bertz CT molecular complexity index is 509. The third-order valence-corrected chi connectivity index (χ3v) is 4.32. The van der Waals surface area contributed by atoms with Gasteiger partial charge in [0, 0.05) is 10.3 Å². The van der Waals surface area contributed by atoms with Gasteiger partial charge in [-0.25, -0.2) is 9.78 Å². The Labute approximate surface area is 119 Å². The Hall–Kier alpha value is -1.44. The van der Waals surface area contributed by atoms with Gasteiger partial charge in [-0.05, 0) is 18.4 Å². The number of thiophene rings is 1. The van der Waals surface area contributed by atoms with Gasteiger partial charge in [0.1, 0.15) is 5.60 Å². The van der Waals surface area contributed by atoms with Gasteiger partial charge in [-0.15, -0.1) is 22.7 Å². The summed E-state index contributed by atoms with van der Waals surface area (Å²) in [6.45, 7) is 2.23. The predicted molar refractivity (Wildman–Crippen MR) is 76.2 cm³/mol. The van der Waals surface area contributed by atoms with Crippen LogP contribution in [0.2, 0.25) is 0 Å². The van der Waals surface area contributed by atoms with Crippen molar-refractivity contribution in [1.29, 1.82) is 0 Å². The maximum atomic E-state index is 11.6. The first kappa shape index (κ1) is 14.0. The highest BCUT2D eigenvalue weighted by Gasteiger charge is 2.24. The molecule has 0 radical (unpaired) electrons. The SMILES string of the molecule is CC(O)(CNC(=O)NCc1cscn1)c1cccs1. The molecule has 0 saturated carbocycles. The van der Waals surface area contributed by atoms with Crippen molar-refractivity contribution in [3.05, 3.63) is 39.0 Å². The molecule has 0 fully saturated rings. The molecule has 0 aliphatic rings. The fourth-order valence-electron chi connectivity index (χ4n) is 1.48. The summed E-state index contributed by atoms with van der Waals surface area (Å²) in [5.74, 6) is 0. The van der Waals surface area contributed by atoms with Gasteiger partial charge in [0.2, 0.25) is 0 Å². The minimum Gasteiger partial charge on any atom is -0.383 e. The number of rotatable bonds is 5. The van der Waals surface area contributed by atoms with E-state index in [1.807, 2.05) is 22.9 Å². The quantitative estimate of drug-likeness (QED) is 0.789. The molecule has 0 aromatic carbocycles. The van der Waals surface area contributed by atoms with Gasteiger partial charge in [-0.3, -0.25) is 0 Å². The van der Waals surface area contributed by atoms with Crippen LogP contribution in [0.3, 0.4) is 0 Å². The Morgan fingerprint density at radius 1 is 1.53 bits per heavy atom. The van der Waals surface area contributed by atoms with Crippen LogP contribution in [0.1, 0.15) is 17.5 Å². The molecule has 0 aliphatic heterocycles. The monoisotopic (exact) mass is 297 g/mol. The van der Waals surface area contributed by atoms with Crippen molar-refractivity contribution < 1.29 is 9.90 Å². The number of carbonyl (C=O) groups is 1. The van der Waals surface area contributed by atoms with Crippen LogP contribution in [0, 0.1) is 0 Å². The molecule has 102 valence electrons. The molecule has 0 spiro atoms. The summed E-state index contributed by atoms with van der Waals surface area (Å²) in [7, 11) is 0. The summed E-state index contributed by atoms with van der Waals surface area (Å²) in [5.41, 5.74) is 1.49. The second kappa shape index (κ2) is 6.14. The van der Waals surface area contributed by atoms with Crippen LogP contribution >= 0.6 is 22.7 Å².